The lowest BCUT2D eigenvalue weighted by Crippen LogP contribution is -2.19. The summed E-state index contributed by atoms with van der Waals surface area (Å²) < 4.78 is 93.5. The molecule has 0 bridgehead atoms. The molecule has 0 fully saturated rings. The number of hydrogen-bond donors (Lipinski definition) is 1. The molecule has 0 radical (unpaired) electrons. The van der Waals surface area contributed by atoms with E-state index in [4.69, 9.17) is 29.5 Å². The molecule has 0 spiro atoms. The molecule has 2 aromatic carbocycles. The van der Waals surface area contributed by atoms with Crippen molar-refractivity contribution in [2.45, 2.75) is 52.1 Å². The maximum atomic E-state index is 8.55. The third kappa shape index (κ3) is 3.94. The van der Waals surface area contributed by atoms with Gasteiger partial charge in [0.15, 0.2) is 0 Å². The number of hydrogen-bond acceptors (Lipinski definition) is 5. The predicted molar refractivity (Wildman–Crippen MR) is 117 cm³/mol. The smallest absolute Gasteiger partial charge is 0.256 e. The molecule has 3 aromatic rings. The average molecular weight is 413 g/mol. The fraction of sp³-hybridized carbons (Fsp3) is 0.375. The van der Waals surface area contributed by atoms with Crippen molar-refractivity contribution in [3.8, 4) is 28.6 Å². The van der Waals surface area contributed by atoms with Crippen LogP contribution in [0.3, 0.4) is 0 Å². The van der Waals surface area contributed by atoms with Crippen LogP contribution in [0.25, 0.3) is 27.7 Å². The Morgan fingerprint density at radius 3 is 3.13 bits per heavy atom. The molecule has 0 aliphatic heterocycles. The first-order valence-corrected chi connectivity index (χ1v) is 9.27. The Balaban J connectivity index is 1.85. The lowest BCUT2D eigenvalue weighted by Gasteiger charge is -2.13. The van der Waals surface area contributed by atoms with Crippen LogP contribution >= 0.6 is 0 Å². The molecule has 1 aliphatic rings. The van der Waals surface area contributed by atoms with E-state index in [0.717, 1.165) is 0 Å². The van der Waals surface area contributed by atoms with Crippen molar-refractivity contribution in [1.82, 2.24) is 15.5 Å². The largest absolute Gasteiger partial charge is 0.502 e. The molecule has 4 rings (SSSR count). The van der Waals surface area contributed by atoms with E-state index in [1.807, 2.05) is 0 Å². The van der Waals surface area contributed by atoms with E-state index in [0.29, 0.717) is 11.1 Å². The van der Waals surface area contributed by atoms with Gasteiger partial charge < -0.3 is 14.6 Å². The highest BCUT2D eigenvalue weighted by atomic mass is 16.5. The fourth-order valence-corrected chi connectivity index (χ4v) is 3.11. The summed E-state index contributed by atoms with van der Waals surface area (Å²) in [5.74, 6) is -0.979. The zero-order valence-electron chi connectivity index (χ0n) is 26.7. The maximum Gasteiger partial charge on any atom is 0.256 e. The number of rotatable bonds is 7. The summed E-state index contributed by atoms with van der Waals surface area (Å²) in [6.45, 7) is 11.5. The highest BCUT2D eigenvalue weighted by Gasteiger charge is 2.26. The second-order valence-corrected chi connectivity index (χ2v) is 6.74. The van der Waals surface area contributed by atoms with E-state index in [1.165, 1.54) is 26.8 Å². The standard InChI is InChI=1S/C24H26N4O2/c1-5-13-26-20-11-10-17-18(20)7-6-8-19(17)23-27-24(30-28-23)16-9-12-22(29-15(2)3)21(14-16)25-4/h6-9,12,14-15,20,26H,5,10-11,13H2,1-3H3/t20-/m0/s1/i5D2,6D,8D,9D,11D2,12D,14D,15D. The molecule has 1 N–H and O–H groups in total. The average Bonchev–Trinajstić information content (AvgIpc) is 3.37. The zero-order chi connectivity index (χ0) is 29.9. The first kappa shape index (κ1) is 11.3. The molecule has 6 nitrogen and oxygen atoms in total. The minimum atomic E-state index is -1.88. The van der Waals surface area contributed by atoms with Gasteiger partial charge in [-0.2, -0.15) is 4.98 Å². The summed E-state index contributed by atoms with van der Waals surface area (Å²) in [5.41, 5.74) is -0.00799. The van der Waals surface area contributed by atoms with Crippen LogP contribution in [-0.4, -0.2) is 22.8 Å². The molecule has 0 saturated carbocycles. The van der Waals surface area contributed by atoms with Crippen molar-refractivity contribution < 1.29 is 23.0 Å². The van der Waals surface area contributed by atoms with Crippen LogP contribution < -0.4 is 10.1 Å². The van der Waals surface area contributed by atoms with Crippen molar-refractivity contribution in [3.63, 3.8) is 0 Å². The summed E-state index contributed by atoms with van der Waals surface area (Å²) in [6, 6.07) is -1.76. The molecule has 0 amide bonds. The minimum Gasteiger partial charge on any atom is -0.502 e. The van der Waals surface area contributed by atoms with Gasteiger partial charge in [-0.1, -0.05) is 30.2 Å². The summed E-state index contributed by atoms with van der Waals surface area (Å²) in [4.78, 5) is 7.51. The van der Waals surface area contributed by atoms with Gasteiger partial charge in [-0.25, -0.2) is 4.85 Å². The van der Waals surface area contributed by atoms with Crippen molar-refractivity contribution in [2.75, 3.05) is 6.54 Å². The summed E-state index contributed by atoms with van der Waals surface area (Å²) in [6.07, 6.45) is -5.23. The fourth-order valence-electron chi connectivity index (χ4n) is 3.11. The molecule has 1 atom stereocenters. The Morgan fingerprint density at radius 1 is 1.50 bits per heavy atom. The van der Waals surface area contributed by atoms with Crippen molar-refractivity contribution in [2.24, 2.45) is 0 Å². The second kappa shape index (κ2) is 8.68. The number of ether oxygens (including phenoxy) is 1. The summed E-state index contributed by atoms with van der Waals surface area (Å²) in [5, 5.41) is 6.79. The molecule has 1 heterocycles. The predicted octanol–water partition coefficient (Wildman–Crippen LogP) is 5.73. The van der Waals surface area contributed by atoms with Crippen molar-refractivity contribution >= 4 is 5.69 Å². The third-order valence-corrected chi connectivity index (χ3v) is 4.39. The van der Waals surface area contributed by atoms with E-state index in [2.05, 4.69) is 20.3 Å². The Morgan fingerprint density at radius 2 is 2.37 bits per heavy atom. The highest BCUT2D eigenvalue weighted by molar-refractivity contribution is 5.70. The van der Waals surface area contributed by atoms with E-state index in [-0.39, 0.29) is 47.8 Å². The number of nitrogens with zero attached hydrogens (tertiary/aromatic N) is 3. The topological polar surface area (TPSA) is 64.5 Å². The Labute approximate surface area is 191 Å². The maximum absolute atomic E-state index is 8.55. The molecule has 1 aromatic heterocycles. The number of aromatic nitrogens is 2. The van der Waals surface area contributed by atoms with Gasteiger partial charge >= 0.3 is 0 Å². The van der Waals surface area contributed by atoms with Gasteiger partial charge in [0.25, 0.3) is 5.89 Å². The normalized spacial score (nSPS) is 22.5. The van der Waals surface area contributed by atoms with Gasteiger partial charge in [-0.05, 0) is 68.8 Å². The van der Waals surface area contributed by atoms with E-state index >= 15 is 0 Å². The molecular formula is C24H26N4O2. The Kier molecular flexibility index (Phi) is 3.27. The molecule has 1 aliphatic carbocycles. The van der Waals surface area contributed by atoms with Crippen LogP contribution in [0, 0.1) is 6.57 Å². The lowest BCUT2D eigenvalue weighted by molar-refractivity contribution is 0.244. The van der Waals surface area contributed by atoms with Gasteiger partial charge in [-0.15, -0.1) is 0 Å². The van der Waals surface area contributed by atoms with Crippen LogP contribution in [0.2, 0.25) is 0 Å². The van der Waals surface area contributed by atoms with E-state index in [1.54, 1.807) is 0 Å². The monoisotopic (exact) mass is 412 g/mol. The first-order chi connectivity index (χ1) is 18.4. The van der Waals surface area contributed by atoms with Gasteiger partial charge in [0.05, 0.1) is 19.5 Å². The zero-order valence-corrected chi connectivity index (χ0v) is 16.7. The van der Waals surface area contributed by atoms with E-state index in [9.17, 15) is 0 Å². The van der Waals surface area contributed by atoms with Crippen LogP contribution in [0.15, 0.2) is 40.8 Å². The van der Waals surface area contributed by atoms with E-state index < -0.39 is 54.6 Å². The molecule has 6 heteroatoms. The minimum absolute atomic E-state index is 0.0238. The van der Waals surface area contributed by atoms with Crippen molar-refractivity contribution in [1.29, 1.82) is 0 Å². The summed E-state index contributed by atoms with van der Waals surface area (Å²) in [7, 11) is 0. The Hall–Kier alpha value is -3.17. The van der Waals surface area contributed by atoms with Gasteiger partial charge in [-0.3, -0.25) is 0 Å². The first-order valence-electron chi connectivity index (χ1n) is 14.3. The molecular weight excluding hydrogens is 376 g/mol. The summed E-state index contributed by atoms with van der Waals surface area (Å²) >= 11 is 0. The van der Waals surface area contributed by atoms with Gasteiger partial charge in [0, 0.05) is 24.0 Å². The third-order valence-electron chi connectivity index (χ3n) is 4.39. The number of benzene rings is 2. The second-order valence-electron chi connectivity index (χ2n) is 6.74. The van der Waals surface area contributed by atoms with Crippen LogP contribution in [0.1, 0.15) is 64.4 Å². The highest BCUT2D eigenvalue weighted by Crippen LogP contribution is 2.38. The lowest BCUT2D eigenvalue weighted by atomic mass is 10.0. The number of fused-ring (bicyclic) bond motifs is 1. The SMILES string of the molecule is [2H]c1cc2c(c(-c3noc(-c4c([2H])c([2H])c(OC([2H])(C)C)c([N+]#[C-])c4[2H])n3)c1[2H])CC([2H])([2H])[C@@H]2NCC([2H])([2H])C. The van der Waals surface area contributed by atoms with Crippen LogP contribution in [-0.2, 0) is 6.42 Å². The Bertz CT molecular complexity index is 1540. The quantitative estimate of drug-likeness (QED) is 0.502. The van der Waals surface area contributed by atoms with Gasteiger partial charge in [0.2, 0.25) is 11.5 Å². The molecule has 0 unspecified atom stereocenters. The molecule has 154 valence electrons. The number of nitrogens with one attached hydrogen (secondary N) is 1. The van der Waals surface area contributed by atoms with Crippen molar-refractivity contribution in [3.05, 3.63) is 58.8 Å². The van der Waals surface area contributed by atoms with Crippen LogP contribution in [0.4, 0.5) is 5.69 Å². The molecule has 0 saturated heterocycles. The van der Waals surface area contributed by atoms with Gasteiger partial charge in [0.1, 0.15) is 5.75 Å². The molecule has 30 heavy (non-hydrogen) atoms. The van der Waals surface area contributed by atoms with Crippen LogP contribution in [0.5, 0.6) is 5.75 Å².